The molecular weight excluding hydrogens is 298 g/mol. The lowest BCUT2D eigenvalue weighted by Crippen LogP contribution is -2.05. The van der Waals surface area contributed by atoms with Gasteiger partial charge >= 0.3 is 6.18 Å². The number of anilines is 1. The molecule has 0 saturated carbocycles. The summed E-state index contributed by atoms with van der Waals surface area (Å²) in [6.45, 7) is 0. The second-order valence-corrected chi connectivity index (χ2v) is 4.83. The Hall–Kier alpha value is -2.63. The predicted octanol–water partition coefficient (Wildman–Crippen LogP) is 4.34. The van der Waals surface area contributed by atoms with Crippen LogP contribution in [0.25, 0.3) is 11.6 Å². The third-order valence-electron chi connectivity index (χ3n) is 3.29. The van der Waals surface area contributed by atoms with Gasteiger partial charge in [0.05, 0.1) is 11.3 Å². The van der Waals surface area contributed by atoms with E-state index < -0.39 is 23.5 Å². The fourth-order valence-electron chi connectivity index (χ4n) is 2.28. The van der Waals surface area contributed by atoms with Crippen molar-refractivity contribution in [3.05, 3.63) is 65.0 Å². The number of carbonyl (C=O) groups is 1. The summed E-state index contributed by atoms with van der Waals surface area (Å²) in [5.41, 5.74) is 0.429. The largest absolute Gasteiger partial charge is 0.416 e. The topological polar surface area (TPSA) is 29.1 Å². The van der Waals surface area contributed by atoms with Crippen LogP contribution >= 0.6 is 0 Å². The van der Waals surface area contributed by atoms with Gasteiger partial charge in [-0.05, 0) is 42.0 Å². The highest BCUT2D eigenvalue weighted by Crippen LogP contribution is 2.34. The van der Waals surface area contributed by atoms with E-state index in [2.05, 4.69) is 5.32 Å². The molecule has 112 valence electrons. The van der Waals surface area contributed by atoms with Crippen LogP contribution in [0.3, 0.4) is 0 Å². The minimum Gasteiger partial charge on any atom is -0.321 e. The van der Waals surface area contributed by atoms with E-state index in [4.69, 9.17) is 0 Å². The summed E-state index contributed by atoms with van der Waals surface area (Å²) in [7, 11) is 0. The van der Waals surface area contributed by atoms with Crippen molar-refractivity contribution >= 4 is 23.2 Å². The number of hydrogen-bond donors (Lipinski definition) is 1. The maximum atomic E-state index is 13.1. The zero-order chi connectivity index (χ0) is 15.9. The van der Waals surface area contributed by atoms with E-state index in [1.165, 1.54) is 36.4 Å². The Morgan fingerprint density at radius 3 is 2.55 bits per heavy atom. The predicted molar refractivity (Wildman–Crippen MR) is 74.3 cm³/mol. The average molecular weight is 307 g/mol. The lowest BCUT2D eigenvalue weighted by atomic mass is 10.0. The lowest BCUT2D eigenvalue weighted by molar-refractivity contribution is -0.137. The average Bonchev–Trinajstić information content (AvgIpc) is 2.74. The van der Waals surface area contributed by atoms with Gasteiger partial charge < -0.3 is 5.32 Å². The number of rotatable bonds is 1. The Morgan fingerprint density at radius 2 is 1.82 bits per heavy atom. The van der Waals surface area contributed by atoms with Crippen molar-refractivity contribution in [3.63, 3.8) is 0 Å². The zero-order valence-corrected chi connectivity index (χ0v) is 11.0. The standard InChI is InChI=1S/C16H9F4NO/c17-11-4-5-12-13(15(22)21-14(12)8-11)7-9-2-1-3-10(6-9)16(18,19)20/h1-8H,(H,21,22)/b13-7+. The summed E-state index contributed by atoms with van der Waals surface area (Å²) < 4.78 is 51.2. The van der Waals surface area contributed by atoms with Crippen LogP contribution < -0.4 is 5.32 Å². The van der Waals surface area contributed by atoms with Crippen molar-refractivity contribution in [1.29, 1.82) is 0 Å². The van der Waals surface area contributed by atoms with Crippen molar-refractivity contribution in [3.8, 4) is 0 Å². The SMILES string of the molecule is O=C1Nc2cc(F)ccc2/C1=C\c1cccc(C(F)(F)F)c1. The van der Waals surface area contributed by atoms with Crippen molar-refractivity contribution in [2.75, 3.05) is 5.32 Å². The molecule has 1 amide bonds. The molecule has 0 aromatic heterocycles. The van der Waals surface area contributed by atoms with Gasteiger partial charge in [-0.1, -0.05) is 12.1 Å². The number of halogens is 4. The van der Waals surface area contributed by atoms with E-state index in [-0.39, 0.29) is 11.1 Å². The fourth-order valence-corrected chi connectivity index (χ4v) is 2.28. The molecule has 0 unspecified atom stereocenters. The third-order valence-corrected chi connectivity index (χ3v) is 3.29. The molecule has 22 heavy (non-hydrogen) atoms. The van der Waals surface area contributed by atoms with Gasteiger partial charge in [-0.3, -0.25) is 4.79 Å². The number of hydrogen-bond acceptors (Lipinski definition) is 1. The Kier molecular flexibility index (Phi) is 3.24. The van der Waals surface area contributed by atoms with E-state index in [1.807, 2.05) is 0 Å². The molecule has 2 nitrogen and oxygen atoms in total. The number of alkyl halides is 3. The summed E-state index contributed by atoms with van der Waals surface area (Å²) >= 11 is 0. The van der Waals surface area contributed by atoms with E-state index in [1.54, 1.807) is 0 Å². The molecule has 0 radical (unpaired) electrons. The van der Waals surface area contributed by atoms with Gasteiger partial charge in [0.25, 0.3) is 5.91 Å². The second-order valence-electron chi connectivity index (χ2n) is 4.83. The maximum absolute atomic E-state index is 13.1. The highest BCUT2D eigenvalue weighted by molar-refractivity contribution is 6.34. The minimum absolute atomic E-state index is 0.203. The lowest BCUT2D eigenvalue weighted by Gasteiger charge is -2.07. The first-order valence-electron chi connectivity index (χ1n) is 6.35. The van der Waals surface area contributed by atoms with Crippen LogP contribution in [0.2, 0.25) is 0 Å². The number of amides is 1. The molecule has 6 heteroatoms. The summed E-state index contributed by atoms with van der Waals surface area (Å²) in [6, 6.07) is 8.44. The first-order chi connectivity index (χ1) is 10.3. The molecule has 2 aromatic rings. The van der Waals surface area contributed by atoms with E-state index in [0.29, 0.717) is 11.3 Å². The van der Waals surface area contributed by atoms with Crippen LogP contribution in [0.4, 0.5) is 23.2 Å². The molecule has 3 rings (SSSR count). The molecule has 0 bridgehead atoms. The van der Waals surface area contributed by atoms with Gasteiger partial charge in [-0.2, -0.15) is 13.2 Å². The highest BCUT2D eigenvalue weighted by atomic mass is 19.4. The molecule has 0 aliphatic carbocycles. The summed E-state index contributed by atoms with van der Waals surface area (Å²) in [4.78, 5) is 11.9. The van der Waals surface area contributed by atoms with E-state index >= 15 is 0 Å². The molecule has 0 atom stereocenters. The summed E-state index contributed by atoms with van der Waals surface area (Å²) in [5.74, 6) is -0.975. The Morgan fingerprint density at radius 1 is 1.05 bits per heavy atom. The Balaban J connectivity index is 2.05. The second kappa shape index (κ2) is 4.98. The number of benzene rings is 2. The van der Waals surface area contributed by atoms with Crippen LogP contribution in [-0.2, 0) is 11.0 Å². The monoisotopic (exact) mass is 307 g/mol. The first-order valence-corrected chi connectivity index (χ1v) is 6.35. The van der Waals surface area contributed by atoms with Crippen LogP contribution in [0.5, 0.6) is 0 Å². The molecule has 1 aliphatic rings. The third kappa shape index (κ3) is 2.59. The highest BCUT2D eigenvalue weighted by Gasteiger charge is 2.30. The molecular formula is C16H9F4NO. The van der Waals surface area contributed by atoms with E-state index in [9.17, 15) is 22.4 Å². The molecule has 2 aromatic carbocycles. The number of nitrogens with one attached hydrogen (secondary N) is 1. The van der Waals surface area contributed by atoms with Crippen LogP contribution in [0, 0.1) is 5.82 Å². The molecule has 1 N–H and O–H groups in total. The van der Waals surface area contributed by atoms with Gasteiger partial charge in [-0.15, -0.1) is 0 Å². The van der Waals surface area contributed by atoms with Crippen LogP contribution in [-0.4, -0.2) is 5.91 Å². The Bertz CT molecular complexity index is 793. The van der Waals surface area contributed by atoms with Gasteiger partial charge in [0.1, 0.15) is 5.82 Å². The molecule has 0 fully saturated rings. The first kappa shape index (κ1) is 14.3. The van der Waals surface area contributed by atoms with Crippen LogP contribution in [0.15, 0.2) is 42.5 Å². The summed E-state index contributed by atoms with van der Waals surface area (Å²) in [6.07, 6.45) is -3.10. The molecule has 1 heterocycles. The summed E-state index contributed by atoms with van der Waals surface area (Å²) in [5, 5.41) is 2.48. The van der Waals surface area contributed by atoms with Crippen molar-refractivity contribution in [1.82, 2.24) is 0 Å². The smallest absolute Gasteiger partial charge is 0.321 e. The molecule has 0 spiro atoms. The van der Waals surface area contributed by atoms with E-state index in [0.717, 1.165) is 12.1 Å². The fraction of sp³-hybridized carbons (Fsp3) is 0.0625. The Labute approximate surface area is 123 Å². The number of fused-ring (bicyclic) bond motifs is 1. The quantitative estimate of drug-likeness (QED) is 0.616. The van der Waals surface area contributed by atoms with Crippen molar-refractivity contribution < 1.29 is 22.4 Å². The van der Waals surface area contributed by atoms with Gasteiger partial charge in [0, 0.05) is 11.1 Å². The number of carbonyl (C=O) groups excluding carboxylic acids is 1. The minimum atomic E-state index is -4.45. The maximum Gasteiger partial charge on any atom is 0.416 e. The van der Waals surface area contributed by atoms with Crippen molar-refractivity contribution in [2.45, 2.75) is 6.18 Å². The van der Waals surface area contributed by atoms with Crippen molar-refractivity contribution in [2.24, 2.45) is 0 Å². The molecule has 1 aliphatic heterocycles. The van der Waals surface area contributed by atoms with Gasteiger partial charge in [-0.25, -0.2) is 4.39 Å². The van der Waals surface area contributed by atoms with Crippen LogP contribution in [0.1, 0.15) is 16.7 Å². The zero-order valence-electron chi connectivity index (χ0n) is 11.0. The van der Waals surface area contributed by atoms with Gasteiger partial charge in [0.2, 0.25) is 0 Å². The molecule has 0 saturated heterocycles. The van der Waals surface area contributed by atoms with Gasteiger partial charge in [0.15, 0.2) is 0 Å². The normalized spacial score (nSPS) is 15.8.